The summed E-state index contributed by atoms with van der Waals surface area (Å²) in [6.07, 6.45) is 6.36. The zero-order valence-corrected chi connectivity index (χ0v) is 13.2. The molecule has 20 heavy (non-hydrogen) atoms. The molecule has 0 radical (unpaired) electrons. The Kier molecular flexibility index (Phi) is 5.22. The van der Waals surface area contributed by atoms with Crippen molar-refractivity contribution in [2.45, 2.75) is 58.9 Å². The van der Waals surface area contributed by atoms with Crippen LogP contribution >= 0.6 is 0 Å². The lowest BCUT2D eigenvalue weighted by atomic mass is 9.68. The Morgan fingerprint density at radius 1 is 1.10 bits per heavy atom. The third-order valence-electron chi connectivity index (χ3n) is 5.08. The second-order valence-electron chi connectivity index (χ2n) is 7.44. The highest BCUT2D eigenvalue weighted by Crippen LogP contribution is 2.40. The SMILES string of the molecule is CC(C)(C)C1CCC(C(Cc2ccccc2)NN)CC1. The van der Waals surface area contributed by atoms with Crippen molar-refractivity contribution in [3.63, 3.8) is 0 Å². The molecule has 1 aliphatic rings. The monoisotopic (exact) mass is 274 g/mol. The fourth-order valence-corrected chi connectivity index (χ4v) is 3.62. The van der Waals surface area contributed by atoms with Gasteiger partial charge in [-0.1, -0.05) is 51.1 Å². The fourth-order valence-electron chi connectivity index (χ4n) is 3.62. The van der Waals surface area contributed by atoms with Gasteiger partial charge in [-0.05, 0) is 54.9 Å². The summed E-state index contributed by atoms with van der Waals surface area (Å²) < 4.78 is 0. The molecule has 0 amide bonds. The van der Waals surface area contributed by atoms with E-state index in [4.69, 9.17) is 5.84 Å². The molecule has 1 aromatic rings. The minimum absolute atomic E-state index is 0.415. The van der Waals surface area contributed by atoms with Gasteiger partial charge in [-0.15, -0.1) is 0 Å². The molecule has 0 bridgehead atoms. The molecule has 1 fully saturated rings. The summed E-state index contributed by atoms with van der Waals surface area (Å²) >= 11 is 0. The molecule has 1 aliphatic carbocycles. The average Bonchev–Trinajstić information content (AvgIpc) is 2.45. The first kappa shape index (κ1) is 15.5. The minimum Gasteiger partial charge on any atom is -0.271 e. The summed E-state index contributed by atoms with van der Waals surface area (Å²) in [5.74, 6) is 7.41. The van der Waals surface area contributed by atoms with Crippen molar-refractivity contribution < 1.29 is 0 Å². The lowest BCUT2D eigenvalue weighted by Gasteiger charge is -2.39. The van der Waals surface area contributed by atoms with Gasteiger partial charge in [0.15, 0.2) is 0 Å². The molecule has 1 saturated carbocycles. The molecule has 1 aromatic carbocycles. The van der Waals surface area contributed by atoms with Gasteiger partial charge in [-0.2, -0.15) is 0 Å². The van der Waals surface area contributed by atoms with Crippen molar-refractivity contribution in [2.24, 2.45) is 23.1 Å². The normalized spacial score (nSPS) is 25.4. The van der Waals surface area contributed by atoms with Gasteiger partial charge in [0.25, 0.3) is 0 Å². The summed E-state index contributed by atoms with van der Waals surface area (Å²) in [5.41, 5.74) is 4.91. The molecule has 2 heteroatoms. The predicted octanol–water partition coefficient (Wildman–Crippen LogP) is 3.91. The number of hydrogen-bond acceptors (Lipinski definition) is 2. The molecule has 0 saturated heterocycles. The van der Waals surface area contributed by atoms with Crippen molar-refractivity contribution in [2.75, 3.05) is 0 Å². The number of nitrogens with two attached hydrogens (primary N) is 1. The number of nitrogens with one attached hydrogen (secondary N) is 1. The Balaban J connectivity index is 1.91. The molecular formula is C18H30N2. The van der Waals surface area contributed by atoms with Crippen LogP contribution in [0.2, 0.25) is 0 Å². The van der Waals surface area contributed by atoms with Gasteiger partial charge >= 0.3 is 0 Å². The Labute approximate surface area is 124 Å². The molecule has 2 nitrogen and oxygen atoms in total. The first-order chi connectivity index (χ1) is 9.50. The molecule has 112 valence electrons. The second-order valence-corrected chi connectivity index (χ2v) is 7.44. The predicted molar refractivity (Wildman–Crippen MR) is 86.2 cm³/mol. The zero-order valence-electron chi connectivity index (χ0n) is 13.2. The van der Waals surface area contributed by atoms with E-state index < -0.39 is 0 Å². The third kappa shape index (κ3) is 4.07. The highest BCUT2D eigenvalue weighted by molar-refractivity contribution is 5.16. The minimum atomic E-state index is 0.415. The Morgan fingerprint density at radius 3 is 2.20 bits per heavy atom. The van der Waals surface area contributed by atoms with Crippen LogP contribution in [0.15, 0.2) is 30.3 Å². The topological polar surface area (TPSA) is 38.0 Å². The second kappa shape index (κ2) is 6.73. The van der Waals surface area contributed by atoms with Crippen LogP contribution in [0.5, 0.6) is 0 Å². The van der Waals surface area contributed by atoms with Gasteiger partial charge in [-0.25, -0.2) is 0 Å². The Morgan fingerprint density at radius 2 is 1.70 bits per heavy atom. The average molecular weight is 274 g/mol. The summed E-state index contributed by atoms with van der Waals surface area (Å²) in [6, 6.07) is 11.1. The molecule has 0 spiro atoms. The van der Waals surface area contributed by atoms with E-state index in [0.29, 0.717) is 11.5 Å². The zero-order chi connectivity index (χ0) is 14.6. The van der Waals surface area contributed by atoms with E-state index in [1.54, 1.807) is 0 Å². The van der Waals surface area contributed by atoms with Gasteiger partial charge in [0.05, 0.1) is 0 Å². The molecule has 0 aromatic heterocycles. The molecule has 2 rings (SSSR count). The molecule has 1 unspecified atom stereocenters. The van der Waals surface area contributed by atoms with Crippen LogP contribution in [0.3, 0.4) is 0 Å². The van der Waals surface area contributed by atoms with Crippen LogP contribution in [0, 0.1) is 17.3 Å². The highest BCUT2D eigenvalue weighted by atomic mass is 15.2. The van der Waals surface area contributed by atoms with Gasteiger partial charge in [-0.3, -0.25) is 11.3 Å². The standard InChI is InChI=1S/C18H30N2/c1-18(2,3)16-11-9-15(10-12-16)17(20-19)13-14-7-5-4-6-8-14/h4-8,15-17,20H,9-13,19H2,1-3H3. The first-order valence-electron chi connectivity index (χ1n) is 8.00. The van der Waals surface area contributed by atoms with Crippen LogP contribution < -0.4 is 11.3 Å². The summed E-state index contributed by atoms with van der Waals surface area (Å²) in [5, 5.41) is 0. The number of hydrogen-bond donors (Lipinski definition) is 2. The van der Waals surface area contributed by atoms with Gasteiger partial charge in [0.2, 0.25) is 0 Å². The third-order valence-corrected chi connectivity index (χ3v) is 5.08. The van der Waals surface area contributed by atoms with Crippen molar-refractivity contribution in [1.82, 2.24) is 5.43 Å². The van der Waals surface area contributed by atoms with Crippen molar-refractivity contribution in [3.8, 4) is 0 Å². The summed E-state index contributed by atoms with van der Waals surface area (Å²) in [6.45, 7) is 7.13. The van der Waals surface area contributed by atoms with Crippen LogP contribution in [0.25, 0.3) is 0 Å². The van der Waals surface area contributed by atoms with E-state index in [0.717, 1.165) is 18.3 Å². The lowest BCUT2D eigenvalue weighted by molar-refractivity contribution is 0.132. The maximum absolute atomic E-state index is 5.82. The smallest absolute Gasteiger partial charge is 0.0279 e. The van der Waals surface area contributed by atoms with E-state index in [9.17, 15) is 0 Å². The number of benzene rings is 1. The van der Waals surface area contributed by atoms with E-state index in [2.05, 4.69) is 56.5 Å². The summed E-state index contributed by atoms with van der Waals surface area (Å²) in [7, 11) is 0. The van der Waals surface area contributed by atoms with Gasteiger partial charge in [0.1, 0.15) is 0 Å². The molecule has 3 N–H and O–H groups in total. The van der Waals surface area contributed by atoms with E-state index >= 15 is 0 Å². The Hall–Kier alpha value is -0.860. The largest absolute Gasteiger partial charge is 0.271 e. The molecule has 1 atom stereocenters. The first-order valence-corrected chi connectivity index (χ1v) is 8.00. The molecule has 0 heterocycles. The number of rotatable bonds is 4. The van der Waals surface area contributed by atoms with E-state index in [1.165, 1.54) is 31.2 Å². The maximum atomic E-state index is 5.82. The Bertz CT molecular complexity index is 386. The highest BCUT2D eigenvalue weighted by Gasteiger charge is 2.32. The van der Waals surface area contributed by atoms with E-state index in [1.807, 2.05) is 0 Å². The van der Waals surface area contributed by atoms with Crippen LogP contribution in [-0.4, -0.2) is 6.04 Å². The summed E-state index contributed by atoms with van der Waals surface area (Å²) in [4.78, 5) is 0. The van der Waals surface area contributed by atoms with Crippen molar-refractivity contribution in [3.05, 3.63) is 35.9 Å². The maximum Gasteiger partial charge on any atom is 0.0279 e. The van der Waals surface area contributed by atoms with Crippen molar-refractivity contribution in [1.29, 1.82) is 0 Å². The van der Waals surface area contributed by atoms with Gasteiger partial charge in [0, 0.05) is 6.04 Å². The fraction of sp³-hybridized carbons (Fsp3) is 0.667. The molecule has 0 aliphatic heterocycles. The molecular weight excluding hydrogens is 244 g/mol. The van der Waals surface area contributed by atoms with Crippen LogP contribution in [0.4, 0.5) is 0 Å². The van der Waals surface area contributed by atoms with Crippen LogP contribution in [0.1, 0.15) is 52.0 Å². The van der Waals surface area contributed by atoms with Gasteiger partial charge < -0.3 is 0 Å². The number of hydrazine groups is 1. The quantitative estimate of drug-likeness (QED) is 0.645. The van der Waals surface area contributed by atoms with E-state index in [-0.39, 0.29) is 0 Å². The lowest BCUT2D eigenvalue weighted by Crippen LogP contribution is -2.44. The van der Waals surface area contributed by atoms with Crippen LogP contribution in [-0.2, 0) is 6.42 Å². The van der Waals surface area contributed by atoms with Crippen molar-refractivity contribution >= 4 is 0 Å².